The van der Waals surface area contributed by atoms with Crippen LogP contribution in [-0.2, 0) is 16.1 Å². The van der Waals surface area contributed by atoms with Crippen LogP contribution in [0, 0.1) is 0 Å². The largest absolute Gasteiger partial charge is 0.496 e. The first-order valence-electron chi connectivity index (χ1n) is 6.34. The standard InChI is InChI=1S/C14H20BrNO3/c1-4-12(19-5-2)14(17)16-9-10-6-7-13(18-3)11(15)8-10/h6-8,12H,4-5,9H2,1-3H3,(H,16,17)/t12-/m0/s1. The minimum atomic E-state index is -0.369. The van der Waals surface area contributed by atoms with E-state index in [0.29, 0.717) is 19.6 Å². The van der Waals surface area contributed by atoms with Crippen LogP contribution in [-0.4, -0.2) is 25.7 Å². The number of benzene rings is 1. The van der Waals surface area contributed by atoms with Crippen LogP contribution >= 0.6 is 15.9 Å². The minimum absolute atomic E-state index is 0.0729. The van der Waals surface area contributed by atoms with Gasteiger partial charge in [-0.15, -0.1) is 0 Å². The lowest BCUT2D eigenvalue weighted by Gasteiger charge is -2.15. The number of amides is 1. The van der Waals surface area contributed by atoms with E-state index in [2.05, 4.69) is 21.2 Å². The molecule has 0 bridgehead atoms. The van der Waals surface area contributed by atoms with E-state index in [0.717, 1.165) is 15.8 Å². The Morgan fingerprint density at radius 3 is 2.68 bits per heavy atom. The zero-order chi connectivity index (χ0) is 14.3. The second-order valence-corrected chi connectivity index (χ2v) is 4.89. The van der Waals surface area contributed by atoms with Crippen LogP contribution in [0.2, 0.25) is 0 Å². The first-order chi connectivity index (χ1) is 9.12. The highest BCUT2D eigenvalue weighted by Gasteiger charge is 2.15. The molecule has 0 radical (unpaired) electrons. The van der Waals surface area contributed by atoms with Crippen molar-refractivity contribution in [1.82, 2.24) is 5.32 Å². The van der Waals surface area contributed by atoms with Crippen molar-refractivity contribution >= 4 is 21.8 Å². The molecule has 5 heteroatoms. The summed E-state index contributed by atoms with van der Waals surface area (Å²) < 4.78 is 11.4. The van der Waals surface area contributed by atoms with Crippen molar-refractivity contribution in [2.24, 2.45) is 0 Å². The van der Waals surface area contributed by atoms with Gasteiger partial charge in [0, 0.05) is 13.2 Å². The quantitative estimate of drug-likeness (QED) is 0.836. The van der Waals surface area contributed by atoms with Crippen LogP contribution in [0.5, 0.6) is 5.75 Å². The van der Waals surface area contributed by atoms with Crippen LogP contribution < -0.4 is 10.1 Å². The van der Waals surface area contributed by atoms with Gasteiger partial charge in [-0.05, 0) is 47.0 Å². The maximum absolute atomic E-state index is 11.9. The van der Waals surface area contributed by atoms with Crippen molar-refractivity contribution in [3.63, 3.8) is 0 Å². The first kappa shape index (κ1) is 16.0. The average Bonchev–Trinajstić information content (AvgIpc) is 2.42. The molecule has 0 aromatic heterocycles. The summed E-state index contributed by atoms with van der Waals surface area (Å²) in [6.07, 6.45) is 0.304. The molecule has 19 heavy (non-hydrogen) atoms. The van der Waals surface area contributed by atoms with Gasteiger partial charge in [0.15, 0.2) is 0 Å². The van der Waals surface area contributed by atoms with Gasteiger partial charge in [-0.1, -0.05) is 13.0 Å². The number of methoxy groups -OCH3 is 1. The summed E-state index contributed by atoms with van der Waals surface area (Å²) in [5.41, 5.74) is 1.01. The molecule has 0 saturated heterocycles. The SMILES string of the molecule is CCO[C@@H](CC)C(=O)NCc1ccc(OC)c(Br)c1. The summed E-state index contributed by atoms with van der Waals surface area (Å²) in [5, 5.41) is 2.87. The van der Waals surface area contributed by atoms with E-state index < -0.39 is 0 Å². The van der Waals surface area contributed by atoms with Gasteiger partial charge in [0.2, 0.25) is 5.91 Å². The van der Waals surface area contributed by atoms with Crippen molar-refractivity contribution in [2.45, 2.75) is 32.9 Å². The molecule has 0 unspecified atom stereocenters. The lowest BCUT2D eigenvalue weighted by atomic mass is 10.2. The summed E-state index contributed by atoms with van der Waals surface area (Å²) in [6.45, 7) is 4.84. The number of halogens is 1. The molecule has 0 aliphatic rings. The number of hydrogen-bond acceptors (Lipinski definition) is 3. The molecule has 1 amide bonds. The average molecular weight is 330 g/mol. The smallest absolute Gasteiger partial charge is 0.249 e. The summed E-state index contributed by atoms with van der Waals surface area (Å²) >= 11 is 3.42. The van der Waals surface area contributed by atoms with E-state index in [-0.39, 0.29) is 12.0 Å². The maximum Gasteiger partial charge on any atom is 0.249 e. The Balaban J connectivity index is 2.56. The molecule has 0 fully saturated rings. The van der Waals surface area contributed by atoms with Crippen LogP contribution in [0.15, 0.2) is 22.7 Å². The molecule has 0 heterocycles. The summed E-state index contributed by atoms with van der Waals surface area (Å²) in [7, 11) is 1.62. The van der Waals surface area contributed by atoms with Crippen molar-refractivity contribution in [1.29, 1.82) is 0 Å². The fourth-order valence-electron chi connectivity index (χ4n) is 1.70. The van der Waals surface area contributed by atoms with Crippen LogP contribution in [0.4, 0.5) is 0 Å². The Hall–Kier alpha value is -1.07. The van der Waals surface area contributed by atoms with Crippen molar-refractivity contribution in [3.05, 3.63) is 28.2 Å². The van der Waals surface area contributed by atoms with Gasteiger partial charge in [-0.25, -0.2) is 0 Å². The molecule has 106 valence electrons. The number of carbonyl (C=O) groups excluding carboxylic acids is 1. The van der Waals surface area contributed by atoms with E-state index in [9.17, 15) is 4.79 Å². The third-order valence-corrected chi connectivity index (χ3v) is 3.33. The van der Waals surface area contributed by atoms with Crippen molar-refractivity contribution < 1.29 is 14.3 Å². The molecule has 0 aliphatic carbocycles. The second kappa shape index (κ2) is 8.17. The Morgan fingerprint density at radius 1 is 1.42 bits per heavy atom. The van der Waals surface area contributed by atoms with E-state index in [1.165, 1.54) is 0 Å². The maximum atomic E-state index is 11.9. The van der Waals surface area contributed by atoms with Crippen molar-refractivity contribution in [3.8, 4) is 5.75 Å². The molecule has 0 aliphatic heterocycles. The number of rotatable bonds is 7. The fourth-order valence-corrected chi connectivity index (χ4v) is 2.29. The van der Waals surface area contributed by atoms with Gasteiger partial charge in [-0.3, -0.25) is 4.79 Å². The van der Waals surface area contributed by atoms with E-state index in [1.54, 1.807) is 7.11 Å². The highest BCUT2D eigenvalue weighted by atomic mass is 79.9. The van der Waals surface area contributed by atoms with Gasteiger partial charge in [0.05, 0.1) is 11.6 Å². The predicted molar refractivity (Wildman–Crippen MR) is 78.2 cm³/mol. The van der Waals surface area contributed by atoms with E-state index >= 15 is 0 Å². The summed E-state index contributed by atoms with van der Waals surface area (Å²) in [6, 6.07) is 5.72. The molecule has 1 aromatic carbocycles. The molecule has 0 spiro atoms. The lowest BCUT2D eigenvalue weighted by molar-refractivity contribution is -0.132. The molecule has 1 atom stereocenters. The molecule has 0 saturated carbocycles. The summed E-state index contributed by atoms with van der Waals surface area (Å²) in [4.78, 5) is 11.9. The van der Waals surface area contributed by atoms with Gasteiger partial charge in [0.25, 0.3) is 0 Å². The van der Waals surface area contributed by atoms with E-state index in [4.69, 9.17) is 9.47 Å². The Kier molecular flexibility index (Phi) is 6.87. The van der Waals surface area contributed by atoms with Crippen LogP contribution in [0.1, 0.15) is 25.8 Å². The second-order valence-electron chi connectivity index (χ2n) is 4.04. The molecule has 4 nitrogen and oxygen atoms in total. The van der Waals surface area contributed by atoms with Gasteiger partial charge < -0.3 is 14.8 Å². The van der Waals surface area contributed by atoms with Gasteiger partial charge in [-0.2, -0.15) is 0 Å². The normalized spacial score (nSPS) is 12.0. The third-order valence-electron chi connectivity index (χ3n) is 2.71. The zero-order valence-electron chi connectivity index (χ0n) is 11.5. The van der Waals surface area contributed by atoms with Crippen molar-refractivity contribution in [2.75, 3.05) is 13.7 Å². The minimum Gasteiger partial charge on any atom is -0.496 e. The highest BCUT2D eigenvalue weighted by Crippen LogP contribution is 2.25. The number of nitrogens with one attached hydrogen (secondary N) is 1. The Bertz CT molecular complexity index is 423. The highest BCUT2D eigenvalue weighted by molar-refractivity contribution is 9.10. The predicted octanol–water partition coefficient (Wildman–Crippen LogP) is 2.89. The lowest BCUT2D eigenvalue weighted by Crippen LogP contribution is -2.35. The van der Waals surface area contributed by atoms with Gasteiger partial charge in [0.1, 0.15) is 11.9 Å². The first-order valence-corrected chi connectivity index (χ1v) is 7.13. The molecular formula is C14H20BrNO3. The summed E-state index contributed by atoms with van der Waals surface area (Å²) in [5.74, 6) is 0.701. The molecule has 1 N–H and O–H groups in total. The molecule has 1 aromatic rings. The van der Waals surface area contributed by atoms with Crippen LogP contribution in [0.3, 0.4) is 0 Å². The Morgan fingerprint density at radius 2 is 2.16 bits per heavy atom. The zero-order valence-corrected chi connectivity index (χ0v) is 13.1. The van der Waals surface area contributed by atoms with Gasteiger partial charge >= 0.3 is 0 Å². The number of ether oxygens (including phenoxy) is 2. The Labute approximate surface area is 122 Å². The fraction of sp³-hybridized carbons (Fsp3) is 0.500. The van der Waals surface area contributed by atoms with Crippen LogP contribution in [0.25, 0.3) is 0 Å². The molecule has 1 rings (SSSR count). The number of hydrogen-bond donors (Lipinski definition) is 1. The monoisotopic (exact) mass is 329 g/mol. The third kappa shape index (κ3) is 4.84. The molecular weight excluding hydrogens is 310 g/mol. The number of carbonyl (C=O) groups is 1. The topological polar surface area (TPSA) is 47.6 Å². The van der Waals surface area contributed by atoms with E-state index in [1.807, 2.05) is 32.0 Å².